The highest BCUT2D eigenvalue weighted by atomic mass is 19.4. The molecule has 0 aromatic heterocycles. The Morgan fingerprint density at radius 1 is 1.40 bits per heavy atom. The lowest BCUT2D eigenvalue weighted by Gasteiger charge is -2.09. The van der Waals surface area contributed by atoms with Crippen LogP contribution in [0.1, 0.15) is 5.56 Å². The first-order chi connectivity index (χ1) is 6.92. The van der Waals surface area contributed by atoms with Crippen molar-refractivity contribution in [2.75, 3.05) is 12.3 Å². The highest BCUT2D eigenvalue weighted by molar-refractivity contribution is 5.56. The van der Waals surface area contributed by atoms with Crippen LogP contribution in [0.15, 0.2) is 18.2 Å². The van der Waals surface area contributed by atoms with Crippen LogP contribution in [0.4, 0.5) is 18.9 Å². The number of anilines is 1. The second-order valence-electron chi connectivity index (χ2n) is 2.76. The van der Waals surface area contributed by atoms with E-state index in [1.54, 1.807) is 6.07 Å². The van der Waals surface area contributed by atoms with Gasteiger partial charge in [0.15, 0.2) is 6.61 Å². The normalized spacial score (nSPS) is 10.8. The van der Waals surface area contributed by atoms with Crippen LogP contribution in [0.25, 0.3) is 0 Å². The Morgan fingerprint density at radius 3 is 2.60 bits per heavy atom. The SMILES string of the molecule is N#Cc1cc(OCC(F)(F)F)ccc1N. The number of halogens is 3. The Balaban J connectivity index is 2.76. The number of alkyl halides is 3. The number of benzene rings is 1. The average Bonchev–Trinajstić information content (AvgIpc) is 2.15. The van der Waals surface area contributed by atoms with Gasteiger partial charge in [-0.25, -0.2) is 0 Å². The number of rotatable bonds is 2. The molecule has 0 aliphatic carbocycles. The highest BCUT2D eigenvalue weighted by Crippen LogP contribution is 2.21. The van der Waals surface area contributed by atoms with Crippen molar-refractivity contribution in [3.8, 4) is 11.8 Å². The van der Waals surface area contributed by atoms with Gasteiger partial charge in [-0.2, -0.15) is 18.4 Å². The van der Waals surface area contributed by atoms with Crippen LogP contribution in [0.2, 0.25) is 0 Å². The van der Waals surface area contributed by atoms with E-state index >= 15 is 0 Å². The molecule has 0 aliphatic heterocycles. The number of nitriles is 1. The monoisotopic (exact) mass is 216 g/mol. The summed E-state index contributed by atoms with van der Waals surface area (Å²) in [4.78, 5) is 0. The molecule has 3 nitrogen and oxygen atoms in total. The van der Waals surface area contributed by atoms with Crippen LogP contribution in [-0.2, 0) is 0 Å². The molecule has 0 aliphatic rings. The zero-order valence-corrected chi connectivity index (χ0v) is 7.51. The summed E-state index contributed by atoms with van der Waals surface area (Å²) in [7, 11) is 0. The topological polar surface area (TPSA) is 59.0 Å². The summed E-state index contributed by atoms with van der Waals surface area (Å²) in [5.74, 6) is -0.0296. The van der Waals surface area contributed by atoms with E-state index in [4.69, 9.17) is 11.0 Å². The van der Waals surface area contributed by atoms with Crippen molar-refractivity contribution in [1.29, 1.82) is 5.26 Å². The predicted molar refractivity (Wildman–Crippen MR) is 47.1 cm³/mol. The number of hydrogen-bond donors (Lipinski definition) is 1. The minimum absolute atomic E-state index is 0.0296. The standard InChI is InChI=1S/C9H7F3N2O/c10-9(11,12)5-15-7-1-2-8(14)6(3-7)4-13/h1-3H,5,14H2. The minimum atomic E-state index is -4.39. The number of nitrogens with zero attached hydrogens (tertiary/aromatic N) is 1. The maximum Gasteiger partial charge on any atom is 0.422 e. The first kappa shape index (κ1) is 11.2. The molecule has 0 radical (unpaired) electrons. The van der Waals surface area contributed by atoms with E-state index in [2.05, 4.69) is 4.74 Å². The third-order valence-corrected chi connectivity index (χ3v) is 1.55. The molecule has 0 saturated heterocycles. The molecule has 0 saturated carbocycles. The Labute approximate surface area is 83.9 Å². The average molecular weight is 216 g/mol. The largest absolute Gasteiger partial charge is 0.484 e. The zero-order chi connectivity index (χ0) is 11.5. The van der Waals surface area contributed by atoms with E-state index in [1.807, 2.05) is 0 Å². The van der Waals surface area contributed by atoms with Crippen LogP contribution in [-0.4, -0.2) is 12.8 Å². The third-order valence-electron chi connectivity index (χ3n) is 1.55. The number of hydrogen-bond acceptors (Lipinski definition) is 3. The van der Waals surface area contributed by atoms with E-state index < -0.39 is 12.8 Å². The van der Waals surface area contributed by atoms with Gasteiger partial charge in [0.05, 0.1) is 5.56 Å². The van der Waals surface area contributed by atoms with E-state index in [1.165, 1.54) is 18.2 Å². The van der Waals surface area contributed by atoms with Crippen LogP contribution in [0, 0.1) is 11.3 Å². The third kappa shape index (κ3) is 3.38. The fraction of sp³-hybridized carbons (Fsp3) is 0.222. The summed E-state index contributed by atoms with van der Waals surface area (Å²) in [6.07, 6.45) is -4.39. The summed E-state index contributed by atoms with van der Waals surface area (Å²) in [5, 5.41) is 8.56. The van der Waals surface area contributed by atoms with Gasteiger partial charge in [-0.15, -0.1) is 0 Å². The van der Waals surface area contributed by atoms with Crippen molar-refractivity contribution >= 4 is 5.69 Å². The summed E-state index contributed by atoms with van der Waals surface area (Å²) in [6, 6.07) is 5.52. The Kier molecular flexibility index (Phi) is 3.04. The molecule has 6 heteroatoms. The minimum Gasteiger partial charge on any atom is -0.484 e. The second kappa shape index (κ2) is 4.09. The molecule has 0 bridgehead atoms. The lowest BCUT2D eigenvalue weighted by molar-refractivity contribution is -0.153. The highest BCUT2D eigenvalue weighted by Gasteiger charge is 2.28. The molecule has 0 amide bonds. The maximum atomic E-state index is 11.8. The van der Waals surface area contributed by atoms with Crippen molar-refractivity contribution in [2.24, 2.45) is 0 Å². The number of nitrogen functional groups attached to an aromatic ring is 1. The van der Waals surface area contributed by atoms with Crippen LogP contribution >= 0.6 is 0 Å². The molecule has 1 aromatic carbocycles. The lowest BCUT2D eigenvalue weighted by atomic mass is 10.2. The predicted octanol–water partition coefficient (Wildman–Crippen LogP) is 2.08. The molecular formula is C9H7F3N2O. The fourth-order valence-corrected chi connectivity index (χ4v) is 0.887. The van der Waals surface area contributed by atoms with E-state index in [9.17, 15) is 13.2 Å². The maximum absolute atomic E-state index is 11.8. The Bertz CT molecular complexity index is 395. The summed E-state index contributed by atoms with van der Waals surface area (Å²) in [6.45, 7) is -1.39. The first-order valence-corrected chi connectivity index (χ1v) is 3.91. The van der Waals surface area contributed by atoms with Gasteiger partial charge in [-0.05, 0) is 18.2 Å². The van der Waals surface area contributed by atoms with Crippen molar-refractivity contribution in [2.45, 2.75) is 6.18 Å². The van der Waals surface area contributed by atoms with Gasteiger partial charge in [0, 0.05) is 5.69 Å². The molecule has 0 fully saturated rings. The van der Waals surface area contributed by atoms with Crippen LogP contribution < -0.4 is 10.5 Å². The fourth-order valence-electron chi connectivity index (χ4n) is 0.887. The number of nitrogens with two attached hydrogens (primary N) is 1. The molecule has 0 heterocycles. The summed E-state index contributed by atoms with van der Waals surface area (Å²) >= 11 is 0. The van der Waals surface area contributed by atoms with Gasteiger partial charge in [0.25, 0.3) is 0 Å². The van der Waals surface area contributed by atoms with Crippen molar-refractivity contribution < 1.29 is 17.9 Å². The molecule has 15 heavy (non-hydrogen) atoms. The quantitative estimate of drug-likeness (QED) is 0.770. The summed E-state index contributed by atoms with van der Waals surface area (Å²) in [5.41, 5.74) is 5.68. The van der Waals surface area contributed by atoms with Crippen molar-refractivity contribution in [1.82, 2.24) is 0 Å². The van der Waals surface area contributed by atoms with Gasteiger partial charge in [-0.3, -0.25) is 0 Å². The van der Waals surface area contributed by atoms with E-state index in [0.717, 1.165) is 0 Å². The Morgan fingerprint density at radius 2 is 2.07 bits per heavy atom. The molecule has 0 spiro atoms. The molecule has 0 unspecified atom stereocenters. The molecule has 1 rings (SSSR count). The van der Waals surface area contributed by atoms with Gasteiger partial charge in [0.1, 0.15) is 11.8 Å². The molecule has 2 N–H and O–H groups in total. The van der Waals surface area contributed by atoms with Crippen LogP contribution in [0.5, 0.6) is 5.75 Å². The summed E-state index contributed by atoms with van der Waals surface area (Å²) < 4.78 is 39.8. The van der Waals surface area contributed by atoms with Crippen LogP contribution in [0.3, 0.4) is 0 Å². The zero-order valence-electron chi connectivity index (χ0n) is 7.51. The van der Waals surface area contributed by atoms with Crippen molar-refractivity contribution in [3.05, 3.63) is 23.8 Å². The lowest BCUT2D eigenvalue weighted by Crippen LogP contribution is -2.19. The van der Waals surface area contributed by atoms with Gasteiger partial charge >= 0.3 is 6.18 Å². The number of ether oxygens (including phenoxy) is 1. The molecule has 80 valence electrons. The van der Waals surface area contributed by atoms with Crippen molar-refractivity contribution in [3.63, 3.8) is 0 Å². The first-order valence-electron chi connectivity index (χ1n) is 3.91. The second-order valence-corrected chi connectivity index (χ2v) is 2.76. The van der Waals surface area contributed by atoms with Gasteiger partial charge < -0.3 is 10.5 Å². The van der Waals surface area contributed by atoms with Gasteiger partial charge in [0.2, 0.25) is 0 Å². The Hall–Kier alpha value is -1.90. The van der Waals surface area contributed by atoms with E-state index in [-0.39, 0.29) is 17.0 Å². The molecule has 1 aromatic rings. The molecule has 0 atom stereocenters. The van der Waals surface area contributed by atoms with E-state index in [0.29, 0.717) is 0 Å². The smallest absolute Gasteiger partial charge is 0.422 e. The van der Waals surface area contributed by atoms with Gasteiger partial charge in [-0.1, -0.05) is 0 Å². The molecular weight excluding hydrogens is 209 g/mol.